The highest BCUT2D eigenvalue weighted by Gasteiger charge is 2.69. The summed E-state index contributed by atoms with van der Waals surface area (Å²) in [5.74, 6) is -1.49. The summed E-state index contributed by atoms with van der Waals surface area (Å²) in [4.78, 5) is 12.2. The fraction of sp³-hybridized carbons (Fsp3) is 0.409. The largest absolute Gasteiger partial charge is 0.489 e. The van der Waals surface area contributed by atoms with Gasteiger partial charge in [0.25, 0.3) is 5.91 Å². The van der Waals surface area contributed by atoms with Gasteiger partial charge in [-0.25, -0.2) is 17.2 Å². The maximum absolute atomic E-state index is 13.5. The predicted octanol–water partition coefficient (Wildman–Crippen LogP) is 3.53. The third-order valence-corrected chi connectivity index (χ3v) is 7.97. The molecule has 3 fully saturated rings. The lowest BCUT2D eigenvalue weighted by molar-refractivity contribution is -0.156. The van der Waals surface area contributed by atoms with Crippen molar-refractivity contribution in [1.82, 2.24) is 5.32 Å². The van der Waals surface area contributed by atoms with E-state index < -0.39 is 27.0 Å². The molecule has 2 aromatic carbocycles. The lowest BCUT2D eigenvalue weighted by Gasteiger charge is -2.70. The van der Waals surface area contributed by atoms with Crippen LogP contribution in [0.3, 0.4) is 0 Å². The second kappa shape index (κ2) is 8.51. The fourth-order valence-corrected chi connectivity index (χ4v) is 6.55. The van der Waals surface area contributed by atoms with Crippen LogP contribution in [0.25, 0.3) is 0 Å². The van der Waals surface area contributed by atoms with E-state index in [9.17, 15) is 22.0 Å². The molecule has 10 heteroatoms. The molecule has 172 valence electrons. The van der Waals surface area contributed by atoms with Gasteiger partial charge in [-0.3, -0.25) is 4.79 Å². The molecule has 0 spiro atoms. The first-order valence-electron chi connectivity index (χ1n) is 10.1. The molecule has 0 atom stereocenters. The van der Waals surface area contributed by atoms with Gasteiger partial charge in [-0.15, -0.1) is 0 Å². The van der Waals surface area contributed by atoms with Crippen molar-refractivity contribution in [3.05, 3.63) is 59.1 Å². The van der Waals surface area contributed by atoms with E-state index in [1.807, 2.05) is 0 Å². The molecule has 6 nitrogen and oxygen atoms in total. The minimum atomic E-state index is -3.39. The average Bonchev–Trinajstić information content (AvgIpc) is 2.67. The Morgan fingerprint density at radius 1 is 1.06 bits per heavy atom. The van der Waals surface area contributed by atoms with Crippen molar-refractivity contribution >= 4 is 27.3 Å². The van der Waals surface area contributed by atoms with Crippen LogP contribution in [0.2, 0.25) is 5.02 Å². The predicted molar refractivity (Wildman–Crippen MR) is 115 cm³/mol. The molecule has 5 rings (SSSR count). The van der Waals surface area contributed by atoms with E-state index in [4.69, 9.17) is 21.1 Å². The van der Waals surface area contributed by atoms with E-state index in [1.54, 1.807) is 6.07 Å². The van der Waals surface area contributed by atoms with Crippen LogP contribution in [-0.4, -0.2) is 44.6 Å². The van der Waals surface area contributed by atoms with Crippen LogP contribution < -0.4 is 14.8 Å². The monoisotopic (exact) mass is 485 g/mol. The van der Waals surface area contributed by atoms with Gasteiger partial charge in [0.15, 0.2) is 28.0 Å². The SMILES string of the molecule is O=C(COc1ccc(Cl)c(F)c1)NC12CC(CS(=O)(=O)CCOc3ccccc3F)(C1)C2. The van der Waals surface area contributed by atoms with Gasteiger partial charge in [-0.2, -0.15) is 0 Å². The fourth-order valence-electron chi connectivity index (χ4n) is 4.71. The zero-order valence-corrected chi connectivity index (χ0v) is 18.6. The third kappa shape index (κ3) is 4.99. The summed E-state index contributed by atoms with van der Waals surface area (Å²) in [6.07, 6.45) is 1.73. The second-order valence-electron chi connectivity index (χ2n) is 8.59. The molecule has 0 aromatic heterocycles. The van der Waals surface area contributed by atoms with Crippen LogP contribution in [-0.2, 0) is 14.6 Å². The molecule has 3 aliphatic rings. The first kappa shape index (κ1) is 22.8. The summed E-state index contributed by atoms with van der Waals surface area (Å²) < 4.78 is 62.4. The third-order valence-electron chi connectivity index (χ3n) is 5.82. The first-order valence-corrected chi connectivity index (χ1v) is 12.3. The van der Waals surface area contributed by atoms with Gasteiger partial charge in [0, 0.05) is 11.6 Å². The molecule has 0 heterocycles. The number of nitrogens with one attached hydrogen (secondary N) is 1. The van der Waals surface area contributed by atoms with Crippen LogP contribution in [0.1, 0.15) is 19.3 Å². The molecule has 0 aliphatic heterocycles. The lowest BCUT2D eigenvalue weighted by Crippen LogP contribution is -2.76. The Bertz CT molecular complexity index is 1120. The van der Waals surface area contributed by atoms with Gasteiger partial charge in [-0.05, 0) is 48.9 Å². The molecule has 2 bridgehead atoms. The topological polar surface area (TPSA) is 81.7 Å². The maximum atomic E-state index is 13.5. The maximum Gasteiger partial charge on any atom is 0.258 e. The molecular formula is C22H22ClF2NO5S. The van der Waals surface area contributed by atoms with Gasteiger partial charge in [-0.1, -0.05) is 23.7 Å². The van der Waals surface area contributed by atoms with Gasteiger partial charge in [0.1, 0.15) is 18.2 Å². The molecule has 1 N–H and O–H groups in total. The number of carbonyl (C=O) groups excluding carboxylic acids is 1. The molecule has 3 saturated carbocycles. The van der Waals surface area contributed by atoms with E-state index in [0.29, 0.717) is 19.3 Å². The van der Waals surface area contributed by atoms with Crippen LogP contribution in [0.15, 0.2) is 42.5 Å². The highest BCUT2D eigenvalue weighted by atomic mass is 35.5. The lowest BCUT2D eigenvalue weighted by atomic mass is 9.40. The zero-order valence-electron chi connectivity index (χ0n) is 17.1. The molecular weight excluding hydrogens is 464 g/mol. The second-order valence-corrected chi connectivity index (χ2v) is 11.2. The summed E-state index contributed by atoms with van der Waals surface area (Å²) in [5.41, 5.74) is -0.727. The van der Waals surface area contributed by atoms with Gasteiger partial charge in [0.05, 0.1) is 16.5 Å². The Morgan fingerprint density at radius 3 is 2.47 bits per heavy atom. The normalized spacial score (nSPS) is 23.6. The van der Waals surface area contributed by atoms with E-state index in [-0.39, 0.29) is 52.6 Å². The zero-order chi connectivity index (χ0) is 23.0. The van der Waals surface area contributed by atoms with E-state index in [2.05, 4.69) is 5.32 Å². The number of sulfone groups is 1. The number of benzene rings is 2. The summed E-state index contributed by atoms with van der Waals surface area (Å²) in [6.45, 7) is -0.397. The van der Waals surface area contributed by atoms with Gasteiger partial charge in [0.2, 0.25) is 0 Å². The highest BCUT2D eigenvalue weighted by Crippen LogP contribution is 2.67. The molecule has 3 aliphatic carbocycles. The van der Waals surface area contributed by atoms with E-state index in [0.717, 1.165) is 6.07 Å². The van der Waals surface area contributed by atoms with E-state index >= 15 is 0 Å². The number of para-hydroxylation sites is 1. The minimum Gasteiger partial charge on any atom is -0.489 e. The molecule has 2 aromatic rings. The number of amides is 1. The summed E-state index contributed by atoms with van der Waals surface area (Å²) >= 11 is 5.61. The highest BCUT2D eigenvalue weighted by molar-refractivity contribution is 7.91. The molecule has 0 radical (unpaired) electrons. The van der Waals surface area contributed by atoms with Crippen molar-refractivity contribution in [2.45, 2.75) is 24.8 Å². The number of hydrogen-bond acceptors (Lipinski definition) is 5. The quantitative estimate of drug-likeness (QED) is 0.557. The van der Waals surface area contributed by atoms with Crippen LogP contribution in [0.5, 0.6) is 11.5 Å². The van der Waals surface area contributed by atoms with Crippen LogP contribution in [0.4, 0.5) is 8.78 Å². The molecule has 0 saturated heterocycles. The van der Waals surface area contributed by atoms with E-state index in [1.165, 1.54) is 30.3 Å². The number of halogens is 3. The summed E-state index contributed by atoms with van der Waals surface area (Å²) in [7, 11) is -3.39. The molecule has 0 unspecified atom stereocenters. The smallest absolute Gasteiger partial charge is 0.258 e. The Morgan fingerprint density at radius 2 is 1.78 bits per heavy atom. The standard InChI is InChI=1S/C22H22ClF2NO5S/c23-16-6-5-15(9-18(16)25)31-10-20(27)26-22-11-21(12-22,13-22)14-32(28,29)8-7-30-19-4-2-1-3-17(19)24/h1-6,9H,7-8,10-14H2,(H,26,27). The molecule has 32 heavy (non-hydrogen) atoms. The van der Waals surface area contributed by atoms with Crippen molar-refractivity contribution in [2.75, 3.05) is 24.7 Å². The first-order chi connectivity index (χ1) is 15.1. The minimum absolute atomic E-state index is 0.0127. The number of carbonyl (C=O) groups is 1. The molecule has 1 amide bonds. The number of hydrogen-bond donors (Lipinski definition) is 1. The van der Waals surface area contributed by atoms with Crippen molar-refractivity contribution < 1.29 is 31.5 Å². The van der Waals surface area contributed by atoms with Gasteiger partial charge >= 0.3 is 0 Å². The van der Waals surface area contributed by atoms with Gasteiger partial charge < -0.3 is 14.8 Å². The Balaban J connectivity index is 1.19. The van der Waals surface area contributed by atoms with Crippen molar-refractivity contribution in [2.24, 2.45) is 5.41 Å². The van der Waals surface area contributed by atoms with Crippen molar-refractivity contribution in [1.29, 1.82) is 0 Å². The summed E-state index contributed by atoms with van der Waals surface area (Å²) in [6, 6.07) is 9.75. The average molecular weight is 486 g/mol. The van der Waals surface area contributed by atoms with Crippen LogP contribution in [0, 0.1) is 17.0 Å². The van der Waals surface area contributed by atoms with Crippen molar-refractivity contribution in [3.63, 3.8) is 0 Å². The Kier molecular flexibility index (Phi) is 6.06. The Hall–Kier alpha value is -2.39. The van der Waals surface area contributed by atoms with Crippen LogP contribution >= 0.6 is 11.6 Å². The number of ether oxygens (including phenoxy) is 2. The number of rotatable bonds is 10. The van der Waals surface area contributed by atoms with Crippen molar-refractivity contribution in [3.8, 4) is 11.5 Å². The summed E-state index contributed by atoms with van der Waals surface area (Å²) in [5, 5.41) is 2.86. The Labute approximate surface area is 189 Å².